The molecule has 1 rings (SSSR count). The van der Waals surface area contributed by atoms with Crippen molar-refractivity contribution in [1.29, 1.82) is 0 Å². The lowest BCUT2D eigenvalue weighted by Gasteiger charge is -2.16. The average Bonchev–Trinajstić information content (AvgIpc) is 2.30. The van der Waals surface area contributed by atoms with Crippen LogP contribution in [0.4, 0.5) is 8.78 Å². The second-order valence-corrected chi connectivity index (χ2v) is 3.95. The number of benzene rings is 1. The van der Waals surface area contributed by atoms with Crippen LogP contribution < -0.4 is 5.32 Å². The van der Waals surface area contributed by atoms with Gasteiger partial charge in [0.25, 0.3) is 0 Å². The highest BCUT2D eigenvalue weighted by Gasteiger charge is 2.11. The van der Waals surface area contributed by atoms with E-state index in [1.165, 1.54) is 6.07 Å². The average molecular weight is 245 g/mol. The molecule has 96 valence electrons. The summed E-state index contributed by atoms with van der Waals surface area (Å²) in [5.41, 5.74) is 0.348. The van der Waals surface area contributed by atoms with E-state index in [1.54, 1.807) is 7.11 Å². The number of aliphatic hydroxyl groups is 1. The van der Waals surface area contributed by atoms with Crippen molar-refractivity contribution >= 4 is 0 Å². The van der Waals surface area contributed by atoms with Crippen LogP contribution in [0, 0.1) is 11.6 Å². The first kappa shape index (κ1) is 14.0. The summed E-state index contributed by atoms with van der Waals surface area (Å²) in [4.78, 5) is 0. The van der Waals surface area contributed by atoms with Gasteiger partial charge in [-0.25, -0.2) is 8.78 Å². The molecule has 0 aliphatic rings. The highest BCUT2D eigenvalue weighted by Crippen LogP contribution is 2.15. The number of ether oxygens (including phenoxy) is 1. The monoisotopic (exact) mass is 245 g/mol. The minimum absolute atomic E-state index is 0.0833. The molecule has 1 aromatic carbocycles. The molecule has 2 N–H and O–H groups in total. The standard InChI is InChI=1S/C12H17F2NO2/c1-8(7-17-2)15-6-12(16)9-3-4-10(13)11(14)5-9/h3-5,8,12,15-16H,6-7H2,1-2H3. The van der Waals surface area contributed by atoms with Gasteiger partial charge in [0.05, 0.1) is 12.7 Å². The second kappa shape index (κ2) is 6.64. The van der Waals surface area contributed by atoms with Crippen LogP contribution in [-0.4, -0.2) is 31.4 Å². The highest BCUT2D eigenvalue weighted by molar-refractivity contribution is 5.20. The van der Waals surface area contributed by atoms with Gasteiger partial charge in [-0.3, -0.25) is 0 Å². The summed E-state index contributed by atoms with van der Waals surface area (Å²) in [5, 5.41) is 12.8. The normalized spacial score (nSPS) is 14.6. The molecular formula is C12H17F2NO2. The predicted octanol–water partition coefficient (Wildman–Crippen LogP) is 1.62. The Morgan fingerprint density at radius 2 is 2.06 bits per heavy atom. The summed E-state index contributed by atoms with van der Waals surface area (Å²) >= 11 is 0. The summed E-state index contributed by atoms with van der Waals surface area (Å²) in [6.45, 7) is 2.68. The van der Waals surface area contributed by atoms with Crippen molar-refractivity contribution in [3.05, 3.63) is 35.4 Å². The van der Waals surface area contributed by atoms with Crippen molar-refractivity contribution in [2.45, 2.75) is 19.1 Å². The van der Waals surface area contributed by atoms with Gasteiger partial charge in [0.1, 0.15) is 0 Å². The first-order valence-electron chi connectivity index (χ1n) is 5.40. The van der Waals surface area contributed by atoms with Gasteiger partial charge in [0.2, 0.25) is 0 Å². The Hall–Kier alpha value is -1.04. The number of aliphatic hydroxyl groups excluding tert-OH is 1. The summed E-state index contributed by atoms with van der Waals surface area (Å²) in [7, 11) is 1.59. The summed E-state index contributed by atoms with van der Waals surface area (Å²) in [6.07, 6.45) is -0.871. The van der Waals surface area contributed by atoms with Crippen LogP contribution in [0.5, 0.6) is 0 Å². The molecule has 0 aliphatic heterocycles. The van der Waals surface area contributed by atoms with Crippen molar-refractivity contribution in [2.75, 3.05) is 20.3 Å². The van der Waals surface area contributed by atoms with Crippen LogP contribution in [0.3, 0.4) is 0 Å². The fourth-order valence-electron chi connectivity index (χ4n) is 1.46. The van der Waals surface area contributed by atoms with Gasteiger partial charge >= 0.3 is 0 Å². The third-order valence-corrected chi connectivity index (χ3v) is 2.40. The third kappa shape index (κ3) is 4.38. The van der Waals surface area contributed by atoms with Gasteiger partial charge in [-0.2, -0.15) is 0 Å². The van der Waals surface area contributed by atoms with Gasteiger partial charge in [-0.05, 0) is 24.6 Å². The minimum atomic E-state index is -0.952. The number of rotatable bonds is 6. The molecule has 5 heteroatoms. The molecule has 0 heterocycles. The van der Waals surface area contributed by atoms with E-state index >= 15 is 0 Å². The molecule has 0 amide bonds. The molecule has 0 aliphatic carbocycles. The fraction of sp³-hybridized carbons (Fsp3) is 0.500. The van der Waals surface area contributed by atoms with E-state index in [-0.39, 0.29) is 12.6 Å². The molecule has 0 radical (unpaired) electrons. The Kier molecular flexibility index (Phi) is 5.47. The summed E-state index contributed by atoms with van der Waals surface area (Å²) < 4.78 is 30.5. The van der Waals surface area contributed by atoms with E-state index in [2.05, 4.69) is 5.32 Å². The van der Waals surface area contributed by atoms with Crippen molar-refractivity contribution in [2.24, 2.45) is 0 Å². The SMILES string of the molecule is COCC(C)NCC(O)c1ccc(F)c(F)c1. The van der Waals surface area contributed by atoms with E-state index < -0.39 is 17.7 Å². The van der Waals surface area contributed by atoms with Crippen LogP contribution in [0.1, 0.15) is 18.6 Å². The number of methoxy groups -OCH3 is 1. The Balaban J connectivity index is 2.52. The Labute approximate surface area is 99.4 Å². The van der Waals surface area contributed by atoms with Gasteiger partial charge < -0.3 is 15.2 Å². The van der Waals surface area contributed by atoms with Crippen molar-refractivity contribution in [3.63, 3.8) is 0 Å². The summed E-state index contributed by atoms with van der Waals surface area (Å²) in [6, 6.07) is 3.46. The number of nitrogens with one attached hydrogen (secondary N) is 1. The topological polar surface area (TPSA) is 41.5 Å². The second-order valence-electron chi connectivity index (χ2n) is 3.95. The van der Waals surface area contributed by atoms with Crippen LogP contribution in [-0.2, 0) is 4.74 Å². The maximum Gasteiger partial charge on any atom is 0.159 e. The molecule has 0 aromatic heterocycles. The zero-order chi connectivity index (χ0) is 12.8. The van der Waals surface area contributed by atoms with Gasteiger partial charge in [0.15, 0.2) is 11.6 Å². The van der Waals surface area contributed by atoms with E-state index in [4.69, 9.17) is 4.74 Å². The molecule has 0 fully saturated rings. The lowest BCUT2D eigenvalue weighted by molar-refractivity contribution is 0.143. The number of hydrogen-bond acceptors (Lipinski definition) is 3. The third-order valence-electron chi connectivity index (χ3n) is 2.40. The largest absolute Gasteiger partial charge is 0.387 e. The quantitative estimate of drug-likeness (QED) is 0.800. The van der Waals surface area contributed by atoms with Crippen LogP contribution in [0.25, 0.3) is 0 Å². The first-order chi connectivity index (χ1) is 8.04. The molecule has 0 bridgehead atoms. The zero-order valence-electron chi connectivity index (χ0n) is 9.91. The molecule has 3 nitrogen and oxygen atoms in total. The van der Waals surface area contributed by atoms with Crippen molar-refractivity contribution < 1.29 is 18.6 Å². The summed E-state index contributed by atoms with van der Waals surface area (Å²) in [5.74, 6) is -1.87. The highest BCUT2D eigenvalue weighted by atomic mass is 19.2. The van der Waals surface area contributed by atoms with Crippen LogP contribution in [0.2, 0.25) is 0 Å². The molecule has 0 saturated heterocycles. The lowest BCUT2D eigenvalue weighted by atomic mass is 10.1. The first-order valence-corrected chi connectivity index (χ1v) is 5.40. The zero-order valence-corrected chi connectivity index (χ0v) is 9.91. The number of halogens is 2. The Morgan fingerprint density at radius 3 is 2.65 bits per heavy atom. The van der Waals surface area contributed by atoms with Crippen molar-refractivity contribution in [1.82, 2.24) is 5.32 Å². The van der Waals surface area contributed by atoms with E-state index in [9.17, 15) is 13.9 Å². The Bertz CT molecular complexity index is 360. The Morgan fingerprint density at radius 1 is 1.35 bits per heavy atom. The van der Waals surface area contributed by atoms with Gasteiger partial charge in [-0.15, -0.1) is 0 Å². The predicted molar refractivity (Wildman–Crippen MR) is 60.7 cm³/mol. The number of hydrogen-bond donors (Lipinski definition) is 2. The smallest absolute Gasteiger partial charge is 0.159 e. The molecule has 17 heavy (non-hydrogen) atoms. The van der Waals surface area contributed by atoms with Gasteiger partial charge in [0, 0.05) is 19.7 Å². The van der Waals surface area contributed by atoms with E-state index in [0.29, 0.717) is 12.2 Å². The molecular weight excluding hydrogens is 228 g/mol. The van der Waals surface area contributed by atoms with Crippen LogP contribution >= 0.6 is 0 Å². The minimum Gasteiger partial charge on any atom is -0.387 e. The maximum atomic E-state index is 12.9. The fourth-order valence-corrected chi connectivity index (χ4v) is 1.46. The maximum absolute atomic E-state index is 12.9. The van der Waals surface area contributed by atoms with Crippen LogP contribution in [0.15, 0.2) is 18.2 Å². The molecule has 2 unspecified atom stereocenters. The molecule has 0 saturated carbocycles. The molecule has 1 aromatic rings. The lowest BCUT2D eigenvalue weighted by Crippen LogP contribution is -2.33. The van der Waals surface area contributed by atoms with Crippen molar-refractivity contribution in [3.8, 4) is 0 Å². The molecule has 0 spiro atoms. The van der Waals surface area contributed by atoms with E-state index in [0.717, 1.165) is 12.1 Å². The molecule has 2 atom stereocenters. The van der Waals surface area contributed by atoms with Gasteiger partial charge in [-0.1, -0.05) is 6.07 Å². The van der Waals surface area contributed by atoms with E-state index in [1.807, 2.05) is 6.92 Å².